The van der Waals surface area contributed by atoms with Crippen molar-refractivity contribution in [3.05, 3.63) is 16.1 Å². The zero-order valence-electron chi connectivity index (χ0n) is 8.75. The number of rotatable bonds is 3. The predicted molar refractivity (Wildman–Crippen MR) is 60.2 cm³/mol. The van der Waals surface area contributed by atoms with Gasteiger partial charge in [0.05, 0.1) is 11.2 Å². The number of hydrogen-bond acceptors (Lipinski definition) is 4. The molecule has 1 atom stereocenters. The summed E-state index contributed by atoms with van der Waals surface area (Å²) in [7, 11) is 0. The molecule has 0 spiro atoms. The fraction of sp³-hybridized carbons (Fsp3) is 0.600. The van der Waals surface area contributed by atoms with Crippen LogP contribution in [0, 0.1) is 12.8 Å². The molecule has 5 heteroatoms. The minimum absolute atomic E-state index is 0.0156. The molecule has 4 nitrogen and oxygen atoms in total. The third-order valence-electron chi connectivity index (χ3n) is 2.67. The van der Waals surface area contributed by atoms with Gasteiger partial charge in [-0.3, -0.25) is 4.79 Å². The minimum Gasteiger partial charge on any atom is -0.351 e. The highest BCUT2D eigenvalue weighted by molar-refractivity contribution is 7.11. The highest BCUT2D eigenvalue weighted by atomic mass is 32.1. The Morgan fingerprint density at radius 1 is 1.80 bits per heavy atom. The lowest BCUT2D eigenvalue weighted by Gasteiger charge is -2.09. The van der Waals surface area contributed by atoms with E-state index in [0.29, 0.717) is 5.92 Å². The van der Waals surface area contributed by atoms with Crippen LogP contribution < -0.4 is 10.6 Å². The van der Waals surface area contributed by atoms with Crippen molar-refractivity contribution in [3.8, 4) is 0 Å². The molecule has 1 aromatic heterocycles. The molecular weight excluding hydrogens is 210 g/mol. The number of nitrogens with one attached hydrogen (secondary N) is 2. The van der Waals surface area contributed by atoms with Crippen LogP contribution in [0.25, 0.3) is 0 Å². The Labute approximate surface area is 93.1 Å². The van der Waals surface area contributed by atoms with Crippen molar-refractivity contribution in [3.63, 3.8) is 0 Å². The van der Waals surface area contributed by atoms with Gasteiger partial charge in [0.1, 0.15) is 4.88 Å². The van der Waals surface area contributed by atoms with Gasteiger partial charge in [0, 0.05) is 6.54 Å². The van der Waals surface area contributed by atoms with Crippen LogP contribution in [-0.2, 0) is 0 Å². The first-order valence-corrected chi connectivity index (χ1v) is 6.04. The fourth-order valence-corrected chi connectivity index (χ4v) is 2.44. The van der Waals surface area contributed by atoms with E-state index in [2.05, 4.69) is 15.6 Å². The summed E-state index contributed by atoms with van der Waals surface area (Å²) in [5.74, 6) is 0.601. The first kappa shape index (κ1) is 10.6. The quantitative estimate of drug-likeness (QED) is 0.799. The van der Waals surface area contributed by atoms with Gasteiger partial charge in [0.15, 0.2) is 0 Å². The number of thiazole rings is 1. The van der Waals surface area contributed by atoms with E-state index in [1.807, 2.05) is 6.92 Å². The Morgan fingerprint density at radius 3 is 3.27 bits per heavy atom. The van der Waals surface area contributed by atoms with Gasteiger partial charge in [-0.15, -0.1) is 11.3 Å². The lowest BCUT2D eigenvalue weighted by atomic mass is 10.1. The van der Waals surface area contributed by atoms with Crippen molar-refractivity contribution in [1.29, 1.82) is 0 Å². The van der Waals surface area contributed by atoms with Gasteiger partial charge in [-0.1, -0.05) is 0 Å². The molecule has 1 aromatic rings. The highest BCUT2D eigenvalue weighted by Crippen LogP contribution is 2.12. The van der Waals surface area contributed by atoms with E-state index in [9.17, 15) is 4.79 Å². The lowest BCUT2D eigenvalue weighted by molar-refractivity contribution is 0.0951. The van der Waals surface area contributed by atoms with Crippen LogP contribution in [0.5, 0.6) is 0 Å². The molecule has 0 saturated carbocycles. The van der Waals surface area contributed by atoms with Crippen LogP contribution in [0.3, 0.4) is 0 Å². The van der Waals surface area contributed by atoms with Gasteiger partial charge in [0.25, 0.3) is 5.91 Å². The van der Waals surface area contributed by atoms with Crippen LogP contribution in [0.1, 0.15) is 21.8 Å². The second kappa shape index (κ2) is 4.72. The second-order valence-electron chi connectivity index (χ2n) is 3.84. The number of aryl methyl sites for hydroxylation is 1. The summed E-state index contributed by atoms with van der Waals surface area (Å²) >= 11 is 1.40. The van der Waals surface area contributed by atoms with Gasteiger partial charge in [0.2, 0.25) is 0 Å². The zero-order valence-corrected chi connectivity index (χ0v) is 9.56. The highest BCUT2D eigenvalue weighted by Gasteiger charge is 2.17. The summed E-state index contributed by atoms with van der Waals surface area (Å²) in [6, 6.07) is 0. The summed E-state index contributed by atoms with van der Waals surface area (Å²) in [4.78, 5) is 16.5. The van der Waals surface area contributed by atoms with Gasteiger partial charge >= 0.3 is 0 Å². The van der Waals surface area contributed by atoms with E-state index in [0.717, 1.165) is 36.6 Å². The Balaban J connectivity index is 1.84. The Morgan fingerprint density at radius 2 is 2.67 bits per heavy atom. The summed E-state index contributed by atoms with van der Waals surface area (Å²) < 4.78 is 0. The molecule has 2 heterocycles. The molecule has 1 saturated heterocycles. The van der Waals surface area contributed by atoms with Crippen molar-refractivity contribution >= 4 is 17.2 Å². The van der Waals surface area contributed by atoms with E-state index in [1.54, 1.807) is 5.51 Å². The number of aromatic nitrogens is 1. The summed E-state index contributed by atoms with van der Waals surface area (Å²) in [6.07, 6.45) is 1.15. The molecule has 1 aliphatic heterocycles. The van der Waals surface area contributed by atoms with Crippen molar-refractivity contribution in [2.75, 3.05) is 19.6 Å². The molecule has 0 radical (unpaired) electrons. The maximum absolute atomic E-state index is 11.7. The summed E-state index contributed by atoms with van der Waals surface area (Å²) in [5, 5.41) is 6.24. The molecule has 2 rings (SSSR count). The monoisotopic (exact) mass is 225 g/mol. The topological polar surface area (TPSA) is 54.0 Å². The third-order valence-corrected chi connectivity index (χ3v) is 3.59. The maximum atomic E-state index is 11.7. The van der Waals surface area contributed by atoms with Crippen molar-refractivity contribution in [1.82, 2.24) is 15.6 Å². The molecule has 1 aliphatic rings. The number of hydrogen-bond donors (Lipinski definition) is 2. The Bertz CT molecular complexity index is 344. The van der Waals surface area contributed by atoms with Crippen molar-refractivity contribution in [2.24, 2.45) is 5.92 Å². The van der Waals surface area contributed by atoms with E-state index in [4.69, 9.17) is 0 Å². The number of nitrogens with zero attached hydrogens (tertiary/aromatic N) is 1. The second-order valence-corrected chi connectivity index (χ2v) is 4.69. The molecule has 15 heavy (non-hydrogen) atoms. The molecular formula is C10H15N3OS. The van der Waals surface area contributed by atoms with Gasteiger partial charge in [-0.25, -0.2) is 4.98 Å². The van der Waals surface area contributed by atoms with Crippen LogP contribution >= 0.6 is 11.3 Å². The first-order valence-electron chi connectivity index (χ1n) is 5.16. The first-order chi connectivity index (χ1) is 7.27. The lowest BCUT2D eigenvalue weighted by Crippen LogP contribution is -2.30. The molecule has 82 valence electrons. The predicted octanol–water partition coefficient (Wildman–Crippen LogP) is 0.791. The van der Waals surface area contributed by atoms with Gasteiger partial charge < -0.3 is 10.6 Å². The van der Waals surface area contributed by atoms with Gasteiger partial charge in [-0.05, 0) is 32.4 Å². The van der Waals surface area contributed by atoms with Crippen LogP contribution in [0.4, 0.5) is 0 Å². The zero-order chi connectivity index (χ0) is 10.7. The minimum atomic E-state index is 0.0156. The Hall–Kier alpha value is -0.940. The summed E-state index contributed by atoms with van der Waals surface area (Å²) in [5.41, 5.74) is 2.53. The standard InChI is InChI=1S/C10H15N3OS/c1-7-9(15-6-13-7)10(14)12-5-8-2-3-11-4-8/h6,8,11H,2-5H2,1H3,(H,12,14). The molecule has 2 N–H and O–H groups in total. The largest absolute Gasteiger partial charge is 0.351 e. The third kappa shape index (κ3) is 2.54. The fourth-order valence-electron chi connectivity index (χ4n) is 1.73. The average Bonchev–Trinajstić information content (AvgIpc) is 2.84. The SMILES string of the molecule is Cc1ncsc1C(=O)NCC1CCNC1. The molecule has 0 aromatic carbocycles. The molecule has 1 amide bonds. The molecule has 1 unspecified atom stereocenters. The number of carbonyl (C=O) groups is 1. The van der Waals surface area contributed by atoms with E-state index in [1.165, 1.54) is 11.3 Å². The average molecular weight is 225 g/mol. The number of amides is 1. The van der Waals surface area contributed by atoms with E-state index in [-0.39, 0.29) is 5.91 Å². The van der Waals surface area contributed by atoms with Crippen LogP contribution in [-0.4, -0.2) is 30.5 Å². The maximum Gasteiger partial charge on any atom is 0.263 e. The molecule has 0 bridgehead atoms. The smallest absolute Gasteiger partial charge is 0.263 e. The summed E-state index contributed by atoms with van der Waals surface area (Å²) in [6.45, 7) is 4.72. The van der Waals surface area contributed by atoms with Crippen LogP contribution in [0.15, 0.2) is 5.51 Å². The normalized spacial score (nSPS) is 20.5. The van der Waals surface area contributed by atoms with Gasteiger partial charge in [-0.2, -0.15) is 0 Å². The van der Waals surface area contributed by atoms with E-state index < -0.39 is 0 Å². The molecule has 0 aliphatic carbocycles. The molecule has 1 fully saturated rings. The van der Waals surface area contributed by atoms with Crippen LogP contribution in [0.2, 0.25) is 0 Å². The van der Waals surface area contributed by atoms with E-state index >= 15 is 0 Å². The Kier molecular flexibility index (Phi) is 3.33. The van der Waals surface area contributed by atoms with Crippen molar-refractivity contribution < 1.29 is 4.79 Å². The van der Waals surface area contributed by atoms with Crippen molar-refractivity contribution in [2.45, 2.75) is 13.3 Å². The number of carbonyl (C=O) groups excluding carboxylic acids is 1.